The van der Waals surface area contributed by atoms with Crippen LogP contribution in [0.3, 0.4) is 0 Å². The third kappa shape index (κ3) is 2.25. The number of carbonyl (C=O) groups is 1. The second-order valence-corrected chi connectivity index (χ2v) is 4.52. The maximum atomic E-state index is 13.1. The van der Waals surface area contributed by atoms with Gasteiger partial charge in [0.25, 0.3) is 5.91 Å². The van der Waals surface area contributed by atoms with E-state index in [0.717, 1.165) is 11.0 Å². The lowest BCUT2D eigenvalue weighted by molar-refractivity contribution is 0.102. The number of imidazole rings is 1. The molecule has 0 aliphatic carbocycles. The third-order valence-corrected chi connectivity index (χ3v) is 3.07. The van der Waals surface area contributed by atoms with Crippen molar-refractivity contribution in [2.45, 2.75) is 0 Å². The van der Waals surface area contributed by atoms with Crippen LogP contribution in [0.15, 0.2) is 48.8 Å². The molecule has 100 valence electrons. The van der Waals surface area contributed by atoms with Crippen molar-refractivity contribution in [2.24, 2.45) is 7.05 Å². The molecule has 0 radical (unpaired) electrons. The molecule has 0 bridgehead atoms. The summed E-state index contributed by atoms with van der Waals surface area (Å²) in [6.07, 6.45) is 1.71. The molecule has 20 heavy (non-hydrogen) atoms. The second kappa shape index (κ2) is 4.77. The highest BCUT2D eigenvalue weighted by Gasteiger charge is 2.08. The third-order valence-electron chi connectivity index (χ3n) is 3.07. The van der Waals surface area contributed by atoms with Crippen molar-refractivity contribution in [1.82, 2.24) is 9.55 Å². The summed E-state index contributed by atoms with van der Waals surface area (Å²) in [4.78, 5) is 16.2. The van der Waals surface area contributed by atoms with Crippen LogP contribution >= 0.6 is 0 Å². The molecular weight excluding hydrogens is 257 g/mol. The van der Waals surface area contributed by atoms with E-state index in [-0.39, 0.29) is 11.5 Å². The molecule has 1 N–H and O–H groups in total. The number of nitrogens with one attached hydrogen (secondary N) is 1. The van der Waals surface area contributed by atoms with Gasteiger partial charge in [0, 0.05) is 18.3 Å². The first kappa shape index (κ1) is 12.3. The zero-order valence-corrected chi connectivity index (χ0v) is 10.8. The Bertz CT molecular complexity index is 795. The largest absolute Gasteiger partial charge is 0.334 e. The van der Waals surface area contributed by atoms with Crippen molar-refractivity contribution in [3.63, 3.8) is 0 Å². The first-order chi connectivity index (χ1) is 9.63. The first-order valence-electron chi connectivity index (χ1n) is 6.11. The lowest BCUT2D eigenvalue weighted by Crippen LogP contribution is -2.11. The Labute approximate surface area is 114 Å². The Balaban J connectivity index is 1.87. The number of nitrogens with zero attached hydrogens (tertiary/aromatic N) is 2. The molecular formula is C15H12FN3O. The summed E-state index contributed by atoms with van der Waals surface area (Å²) in [7, 11) is 1.90. The Kier molecular flexibility index (Phi) is 2.95. The Morgan fingerprint density at radius 1 is 1.25 bits per heavy atom. The standard InChI is InChI=1S/C15H12FN3O/c1-19-9-17-13-8-12(5-6-14(13)19)18-15(20)10-3-2-4-11(16)7-10/h2-9H,1H3,(H,18,20). The number of fused-ring (bicyclic) bond motifs is 1. The maximum Gasteiger partial charge on any atom is 0.255 e. The van der Waals surface area contributed by atoms with Gasteiger partial charge in [-0.05, 0) is 36.4 Å². The van der Waals surface area contributed by atoms with Crippen LogP contribution in [0.4, 0.5) is 10.1 Å². The van der Waals surface area contributed by atoms with Crippen molar-refractivity contribution in [1.29, 1.82) is 0 Å². The van der Waals surface area contributed by atoms with Crippen LogP contribution < -0.4 is 5.32 Å². The van der Waals surface area contributed by atoms with Crippen molar-refractivity contribution >= 4 is 22.6 Å². The summed E-state index contributed by atoms with van der Waals surface area (Å²) in [5, 5.41) is 2.73. The molecule has 5 heteroatoms. The van der Waals surface area contributed by atoms with Crippen LogP contribution in [-0.2, 0) is 7.05 Å². The van der Waals surface area contributed by atoms with E-state index in [1.807, 2.05) is 17.7 Å². The quantitative estimate of drug-likeness (QED) is 0.777. The number of aromatic nitrogens is 2. The van der Waals surface area contributed by atoms with E-state index in [2.05, 4.69) is 10.3 Å². The minimum atomic E-state index is -0.433. The summed E-state index contributed by atoms with van der Waals surface area (Å²) in [6, 6.07) is 11.0. The van der Waals surface area contributed by atoms with Gasteiger partial charge in [0.1, 0.15) is 5.82 Å². The fourth-order valence-electron chi connectivity index (χ4n) is 2.05. The Morgan fingerprint density at radius 3 is 2.90 bits per heavy atom. The van der Waals surface area contributed by atoms with Crippen LogP contribution in [0, 0.1) is 5.82 Å². The molecule has 0 atom stereocenters. The summed E-state index contributed by atoms with van der Waals surface area (Å²) in [5.74, 6) is -0.780. The highest BCUT2D eigenvalue weighted by Crippen LogP contribution is 2.18. The molecule has 0 aliphatic rings. The van der Waals surface area contributed by atoms with Gasteiger partial charge < -0.3 is 9.88 Å². The van der Waals surface area contributed by atoms with Gasteiger partial charge in [-0.3, -0.25) is 4.79 Å². The highest BCUT2D eigenvalue weighted by molar-refractivity contribution is 6.04. The van der Waals surface area contributed by atoms with Crippen molar-refractivity contribution in [3.05, 3.63) is 60.2 Å². The highest BCUT2D eigenvalue weighted by atomic mass is 19.1. The molecule has 1 aromatic heterocycles. The second-order valence-electron chi connectivity index (χ2n) is 4.52. The molecule has 0 fully saturated rings. The number of halogens is 1. The minimum Gasteiger partial charge on any atom is -0.334 e. The number of aryl methyl sites for hydroxylation is 1. The summed E-state index contributed by atoms with van der Waals surface area (Å²) in [6.45, 7) is 0. The number of hydrogen-bond donors (Lipinski definition) is 1. The van der Waals surface area contributed by atoms with Crippen molar-refractivity contribution in [2.75, 3.05) is 5.32 Å². The van der Waals surface area contributed by atoms with Crippen molar-refractivity contribution in [3.8, 4) is 0 Å². The summed E-state index contributed by atoms with van der Waals surface area (Å²) < 4.78 is 15.0. The van der Waals surface area contributed by atoms with Gasteiger partial charge in [0.05, 0.1) is 17.4 Å². The topological polar surface area (TPSA) is 46.9 Å². The number of rotatable bonds is 2. The van der Waals surface area contributed by atoms with E-state index in [9.17, 15) is 9.18 Å². The van der Waals surface area contributed by atoms with E-state index in [1.165, 1.54) is 18.2 Å². The number of amides is 1. The monoisotopic (exact) mass is 269 g/mol. The van der Waals surface area contributed by atoms with Gasteiger partial charge in [-0.1, -0.05) is 6.07 Å². The van der Waals surface area contributed by atoms with E-state index in [1.54, 1.807) is 24.5 Å². The number of benzene rings is 2. The number of carbonyl (C=O) groups excluding carboxylic acids is 1. The van der Waals surface area contributed by atoms with Crippen LogP contribution in [0.2, 0.25) is 0 Å². The molecule has 0 aliphatic heterocycles. The van der Waals surface area contributed by atoms with Gasteiger partial charge in [-0.25, -0.2) is 9.37 Å². The molecule has 3 rings (SSSR count). The smallest absolute Gasteiger partial charge is 0.255 e. The van der Waals surface area contributed by atoms with Gasteiger partial charge in [0.15, 0.2) is 0 Å². The Hall–Kier alpha value is -2.69. The summed E-state index contributed by atoms with van der Waals surface area (Å²) >= 11 is 0. The fraction of sp³-hybridized carbons (Fsp3) is 0.0667. The molecule has 2 aromatic carbocycles. The van der Waals surface area contributed by atoms with E-state index in [4.69, 9.17) is 0 Å². The van der Waals surface area contributed by atoms with Gasteiger partial charge in [-0.2, -0.15) is 0 Å². The normalized spacial score (nSPS) is 10.7. The van der Waals surface area contributed by atoms with Gasteiger partial charge >= 0.3 is 0 Å². The molecule has 4 nitrogen and oxygen atoms in total. The fourth-order valence-corrected chi connectivity index (χ4v) is 2.05. The lowest BCUT2D eigenvalue weighted by atomic mass is 10.2. The van der Waals surface area contributed by atoms with E-state index < -0.39 is 5.82 Å². The lowest BCUT2D eigenvalue weighted by Gasteiger charge is -2.05. The Morgan fingerprint density at radius 2 is 2.10 bits per heavy atom. The maximum absolute atomic E-state index is 13.1. The van der Waals surface area contributed by atoms with Crippen molar-refractivity contribution < 1.29 is 9.18 Å². The van der Waals surface area contributed by atoms with E-state index >= 15 is 0 Å². The molecule has 0 unspecified atom stereocenters. The SMILES string of the molecule is Cn1cnc2cc(NC(=O)c3cccc(F)c3)ccc21. The number of hydrogen-bond acceptors (Lipinski definition) is 2. The van der Waals surface area contributed by atoms with Crippen LogP contribution in [0.5, 0.6) is 0 Å². The predicted molar refractivity (Wildman–Crippen MR) is 75.1 cm³/mol. The molecule has 3 aromatic rings. The minimum absolute atomic E-state index is 0.283. The molecule has 0 spiro atoms. The number of anilines is 1. The average molecular weight is 269 g/mol. The summed E-state index contributed by atoms with van der Waals surface area (Å²) in [5.41, 5.74) is 2.69. The van der Waals surface area contributed by atoms with Crippen LogP contribution in [0.1, 0.15) is 10.4 Å². The molecule has 1 amide bonds. The van der Waals surface area contributed by atoms with Crippen LogP contribution in [-0.4, -0.2) is 15.5 Å². The molecule has 0 saturated carbocycles. The molecule has 0 saturated heterocycles. The van der Waals surface area contributed by atoms with E-state index in [0.29, 0.717) is 5.69 Å². The predicted octanol–water partition coefficient (Wildman–Crippen LogP) is 2.96. The van der Waals surface area contributed by atoms with Gasteiger partial charge in [0.2, 0.25) is 0 Å². The first-order valence-corrected chi connectivity index (χ1v) is 6.11. The average Bonchev–Trinajstić information content (AvgIpc) is 2.80. The zero-order chi connectivity index (χ0) is 14.1. The van der Waals surface area contributed by atoms with Gasteiger partial charge in [-0.15, -0.1) is 0 Å². The van der Waals surface area contributed by atoms with Crippen LogP contribution in [0.25, 0.3) is 11.0 Å². The molecule has 1 heterocycles. The zero-order valence-electron chi connectivity index (χ0n) is 10.8.